The SMILES string of the molecule is CS[PH2+]c1ccccc1.[Br-]. The van der Waals surface area contributed by atoms with Gasteiger partial charge in [0.15, 0.2) is 0 Å². The smallest absolute Gasteiger partial charge is 0.100 e. The lowest BCUT2D eigenvalue weighted by atomic mass is 10.4. The van der Waals surface area contributed by atoms with E-state index >= 15 is 0 Å². The summed E-state index contributed by atoms with van der Waals surface area (Å²) in [7, 11) is 0.460. The summed E-state index contributed by atoms with van der Waals surface area (Å²) < 4.78 is 0. The van der Waals surface area contributed by atoms with Crippen LogP contribution in [0.1, 0.15) is 0 Å². The summed E-state index contributed by atoms with van der Waals surface area (Å²) in [6.07, 6.45) is 2.16. The maximum atomic E-state index is 2.19. The quantitative estimate of drug-likeness (QED) is 0.595. The number of benzene rings is 1. The molecule has 0 N–H and O–H groups in total. The Morgan fingerprint density at radius 1 is 1.20 bits per heavy atom. The van der Waals surface area contributed by atoms with Crippen molar-refractivity contribution in [2.45, 2.75) is 0 Å². The fourth-order valence-electron chi connectivity index (χ4n) is 0.668. The molecule has 0 aliphatic heterocycles. The zero-order chi connectivity index (χ0) is 6.53. The first kappa shape index (κ1) is 10.5. The Balaban J connectivity index is 0.000000810. The zero-order valence-corrected chi connectivity index (χ0v) is 9.31. The van der Waals surface area contributed by atoms with Crippen LogP contribution in [0.3, 0.4) is 0 Å². The molecular weight excluding hydrogens is 227 g/mol. The molecule has 10 heavy (non-hydrogen) atoms. The summed E-state index contributed by atoms with van der Waals surface area (Å²) in [6.45, 7) is 0. The van der Waals surface area contributed by atoms with Crippen molar-refractivity contribution in [2.75, 3.05) is 6.26 Å². The van der Waals surface area contributed by atoms with Crippen LogP contribution < -0.4 is 22.3 Å². The molecule has 0 saturated heterocycles. The van der Waals surface area contributed by atoms with E-state index in [9.17, 15) is 0 Å². The maximum absolute atomic E-state index is 2.19. The summed E-state index contributed by atoms with van der Waals surface area (Å²) in [4.78, 5) is 0. The third kappa shape index (κ3) is 3.60. The predicted octanol–water partition coefficient (Wildman–Crippen LogP) is -0.995. The van der Waals surface area contributed by atoms with Gasteiger partial charge in [-0.05, 0) is 12.1 Å². The summed E-state index contributed by atoms with van der Waals surface area (Å²) in [5, 5.41) is 1.49. The molecule has 0 fully saturated rings. The molecule has 0 bridgehead atoms. The van der Waals surface area contributed by atoms with E-state index in [2.05, 4.69) is 36.6 Å². The van der Waals surface area contributed by atoms with E-state index in [1.807, 2.05) is 11.4 Å². The fourth-order valence-corrected chi connectivity index (χ4v) is 2.61. The van der Waals surface area contributed by atoms with Crippen LogP contribution in [0.15, 0.2) is 30.3 Å². The van der Waals surface area contributed by atoms with Gasteiger partial charge >= 0.3 is 0 Å². The second-order valence-corrected chi connectivity index (χ2v) is 5.26. The van der Waals surface area contributed by atoms with E-state index in [1.165, 1.54) is 5.30 Å². The van der Waals surface area contributed by atoms with Gasteiger partial charge in [-0.25, -0.2) is 0 Å². The molecular formula is C7H10BrPS. The Morgan fingerprint density at radius 3 is 2.30 bits per heavy atom. The zero-order valence-electron chi connectivity index (χ0n) is 5.75. The minimum atomic E-state index is 0. The first-order valence-corrected chi connectivity index (χ1v) is 6.12. The molecule has 0 amide bonds. The van der Waals surface area contributed by atoms with E-state index in [0.29, 0.717) is 7.78 Å². The highest BCUT2D eigenvalue weighted by Crippen LogP contribution is 2.23. The Hall–Kier alpha value is 0.480. The third-order valence-electron chi connectivity index (χ3n) is 1.05. The van der Waals surface area contributed by atoms with Gasteiger partial charge < -0.3 is 17.0 Å². The molecule has 0 aliphatic rings. The molecule has 0 nitrogen and oxygen atoms in total. The lowest BCUT2D eigenvalue weighted by molar-refractivity contribution is -0.00000169. The van der Waals surface area contributed by atoms with Crippen LogP contribution in [0.5, 0.6) is 0 Å². The van der Waals surface area contributed by atoms with Crippen molar-refractivity contribution in [1.29, 1.82) is 0 Å². The lowest BCUT2D eigenvalue weighted by Gasteiger charge is -1.85. The van der Waals surface area contributed by atoms with Gasteiger partial charge in [0, 0.05) is 17.6 Å². The Labute approximate surface area is 78.1 Å². The van der Waals surface area contributed by atoms with Gasteiger partial charge in [-0.3, -0.25) is 0 Å². The molecule has 1 atom stereocenters. The standard InChI is InChI=1S/C7H9PS.BrH/c1-9-8-7-5-3-2-4-6-7;/h2-6,8H,1H3;1H. The minimum Gasteiger partial charge on any atom is -1.00 e. The van der Waals surface area contributed by atoms with Crippen LogP contribution >= 0.6 is 19.2 Å². The van der Waals surface area contributed by atoms with Crippen LogP contribution in [-0.2, 0) is 0 Å². The van der Waals surface area contributed by atoms with Gasteiger partial charge in [-0.1, -0.05) is 18.2 Å². The molecule has 3 heteroatoms. The van der Waals surface area contributed by atoms with Crippen molar-refractivity contribution in [3.63, 3.8) is 0 Å². The summed E-state index contributed by atoms with van der Waals surface area (Å²) in [6, 6.07) is 10.6. The fraction of sp³-hybridized carbons (Fsp3) is 0.143. The van der Waals surface area contributed by atoms with Crippen molar-refractivity contribution < 1.29 is 17.0 Å². The normalized spacial score (nSPS) is 9.70. The van der Waals surface area contributed by atoms with E-state index in [-0.39, 0.29) is 17.0 Å². The van der Waals surface area contributed by atoms with Crippen molar-refractivity contribution in [2.24, 2.45) is 0 Å². The average molecular weight is 237 g/mol. The van der Waals surface area contributed by atoms with Gasteiger partial charge in [-0.15, -0.1) is 0 Å². The summed E-state index contributed by atoms with van der Waals surface area (Å²) in [5.41, 5.74) is 0. The van der Waals surface area contributed by atoms with Gasteiger partial charge in [-0.2, -0.15) is 0 Å². The van der Waals surface area contributed by atoms with Crippen LogP contribution in [0.2, 0.25) is 0 Å². The van der Waals surface area contributed by atoms with Crippen LogP contribution in [-0.4, -0.2) is 6.26 Å². The Morgan fingerprint density at radius 2 is 1.80 bits per heavy atom. The summed E-state index contributed by atoms with van der Waals surface area (Å²) >= 11 is 1.94. The monoisotopic (exact) mass is 236 g/mol. The molecule has 56 valence electrons. The molecule has 1 aromatic carbocycles. The van der Waals surface area contributed by atoms with E-state index in [1.54, 1.807) is 0 Å². The summed E-state index contributed by atoms with van der Waals surface area (Å²) in [5.74, 6) is 0. The van der Waals surface area contributed by atoms with Crippen LogP contribution in [0, 0.1) is 0 Å². The van der Waals surface area contributed by atoms with Crippen molar-refractivity contribution in [3.8, 4) is 0 Å². The first-order valence-electron chi connectivity index (χ1n) is 2.84. The molecule has 0 aromatic heterocycles. The van der Waals surface area contributed by atoms with E-state index in [0.717, 1.165) is 0 Å². The highest BCUT2D eigenvalue weighted by molar-refractivity contribution is 8.51. The highest BCUT2D eigenvalue weighted by Gasteiger charge is 1.93. The van der Waals surface area contributed by atoms with Crippen molar-refractivity contribution in [3.05, 3.63) is 30.3 Å². The molecule has 1 unspecified atom stereocenters. The molecule has 0 saturated carbocycles. The molecule has 0 spiro atoms. The molecule has 1 aromatic rings. The Kier molecular flexibility index (Phi) is 6.50. The largest absolute Gasteiger partial charge is 1.00 e. The number of rotatable bonds is 2. The molecule has 0 radical (unpaired) electrons. The van der Waals surface area contributed by atoms with Gasteiger partial charge in [0.2, 0.25) is 0 Å². The molecule has 0 aliphatic carbocycles. The van der Waals surface area contributed by atoms with E-state index < -0.39 is 0 Å². The topological polar surface area (TPSA) is 0 Å². The van der Waals surface area contributed by atoms with Crippen molar-refractivity contribution in [1.82, 2.24) is 0 Å². The van der Waals surface area contributed by atoms with Gasteiger partial charge in [0.1, 0.15) is 5.30 Å². The van der Waals surface area contributed by atoms with Crippen LogP contribution in [0.25, 0.3) is 0 Å². The van der Waals surface area contributed by atoms with Gasteiger partial charge in [0.05, 0.1) is 7.78 Å². The average Bonchev–Trinajstić information content (AvgIpc) is 1.91. The first-order chi connectivity index (χ1) is 4.43. The Bertz CT molecular complexity index is 167. The highest BCUT2D eigenvalue weighted by atomic mass is 79.9. The molecule has 1 rings (SSSR count). The second-order valence-electron chi connectivity index (χ2n) is 1.76. The predicted molar refractivity (Wildman–Crippen MR) is 49.3 cm³/mol. The second kappa shape index (κ2) is 6.21. The molecule has 0 heterocycles. The number of hydrogen-bond acceptors (Lipinski definition) is 1. The van der Waals surface area contributed by atoms with Crippen molar-refractivity contribution >= 4 is 24.5 Å². The number of hydrogen-bond donors (Lipinski definition) is 0. The lowest BCUT2D eigenvalue weighted by Crippen LogP contribution is -3.00. The number of halogens is 1. The maximum Gasteiger partial charge on any atom is 0.100 e. The minimum absolute atomic E-state index is 0. The third-order valence-corrected chi connectivity index (χ3v) is 3.47. The van der Waals surface area contributed by atoms with E-state index in [4.69, 9.17) is 0 Å². The van der Waals surface area contributed by atoms with Gasteiger partial charge in [0.25, 0.3) is 0 Å². The van der Waals surface area contributed by atoms with Crippen LogP contribution in [0.4, 0.5) is 0 Å².